The summed E-state index contributed by atoms with van der Waals surface area (Å²) in [4.78, 5) is 11.9. The van der Waals surface area contributed by atoms with Crippen LogP contribution in [0.3, 0.4) is 0 Å². The van der Waals surface area contributed by atoms with Crippen molar-refractivity contribution in [2.75, 3.05) is 11.9 Å². The van der Waals surface area contributed by atoms with Crippen LogP contribution in [0.1, 0.15) is 37.3 Å². The van der Waals surface area contributed by atoms with E-state index in [-0.39, 0.29) is 5.91 Å². The number of aryl methyl sites for hydroxylation is 2. The van der Waals surface area contributed by atoms with E-state index >= 15 is 0 Å². The van der Waals surface area contributed by atoms with Crippen LogP contribution in [-0.2, 0) is 4.79 Å². The lowest BCUT2D eigenvalue weighted by atomic mass is 10.0. The number of rotatable bonds is 6. The second-order valence-corrected chi connectivity index (χ2v) is 4.86. The second-order valence-electron chi connectivity index (χ2n) is 4.86. The monoisotopic (exact) mass is 248 g/mol. The molecule has 0 saturated heterocycles. The average Bonchev–Trinajstić information content (AvgIpc) is 2.35. The van der Waals surface area contributed by atoms with Gasteiger partial charge in [-0.1, -0.05) is 31.5 Å². The molecule has 1 aromatic carbocycles. The molecule has 0 aliphatic rings. The van der Waals surface area contributed by atoms with Crippen molar-refractivity contribution >= 4 is 11.6 Å². The summed E-state index contributed by atoms with van der Waals surface area (Å²) < 4.78 is 0. The van der Waals surface area contributed by atoms with Crippen LogP contribution >= 0.6 is 0 Å². The van der Waals surface area contributed by atoms with Gasteiger partial charge in [0.2, 0.25) is 5.91 Å². The molecular formula is C15H24N2O. The normalized spacial score (nSPS) is 12.2. The Balaban J connectivity index is 2.55. The maximum Gasteiger partial charge on any atom is 0.224 e. The lowest BCUT2D eigenvalue weighted by Gasteiger charge is -2.14. The Morgan fingerprint density at radius 1 is 1.33 bits per heavy atom. The van der Waals surface area contributed by atoms with Crippen molar-refractivity contribution in [2.24, 2.45) is 11.7 Å². The van der Waals surface area contributed by atoms with E-state index in [1.807, 2.05) is 32.0 Å². The molecule has 100 valence electrons. The SMILES string of the molecule is CCC(CN)CCC(=O)Nc1c(C)cccc1C. The van der Waals surface area contributed by atoms with Gasteiger partial charge in [0, 0.05) is 12.1 Å². The molecule has 3 nitrogen and oxygen atoms in total. The fraction of sp³-hybridized carbons (Fsp3) is 0.533. The maximum absolute atomic E-state index is 11.9. The van der Waals surface area contributed by atoms with Crippen LogP contribution in [0.25, 0.3) is 0 Å². The standard InChI is InChI=1S/C15H24N2O/c1-4-13(10-16)8-9-14(18)17-15-11(2)6-5-7-12(15)3/h5-7,13H,4,8-10,16H2,1-3H3,(H,17,18). The molecule has 0 spiro atoms. The summed E-state index contributed by atoms with van der Waals surface area (Å²) in [6.45, 7) is 6.79. The summed E-state index contributed by atoms with van der Waals surface area (Å²) in [6, 6.07) is 6.02. The Kier molecular flexibility index (Phi) is 5.86. The fourth-order valence-electron chi connectivity index (χ4n) is 2.04. The first-order valence-corrected chi connectivity index (χ1v) is 6.64. The third-order valence-corrected chi connectivity index (χ3v) is 3.44. The van der Waals surface area contributed by atoms with Crippen molar-refractivity contribution in [3.05, 3.63) is 29.3 Å². The van der Waals surface area contributed by atoms with E-state index in [1.54, 1.807) is 0 Å². The van der Waals surface area contributed by atoms with Crippen molar-refractivity contribution in [2.45, 2.75) is 40.0 Å². The number of carbonyl (C=O) groups excluding carboxylic acids is 1. The zero-order valence-electron chi connectivity index (χ0n) is 11.6. The van der Waals surface area contributed by atoms with Crippen LogP contribution in [0.15, 0.2) is 18.2 Å². The molecule has 1 rings (SSSR count). The van der Waals surface area contributed by atoms with Crippen LogP contribution in [0, 0.1) is 19.8 Å². The number of nitrogens with one attached hydrogen (secondary N) is 1. The lowest BCUT2D eigenvalue weighted by Crippen LogP contribution is -2.18. The quantitative estimate of drug-likeness (QED) is 0.813. The number of nitrogens with two attached hydrogens (primary N) is 1. The summed E-state index contributed by atoms with van der Waals surface area (Å²) in [7, 11) is 0. The van der Waals surface area contributed by atoms with Crippen LogP contribution in [0.5, 0.6) is 0 Å². The van der Waals surface area contributed by atoms with Gasteiger partial charge < -0.3 is 11.1 Å². The molecule has 0 aliphatic carbocycles. The first-order chi connectivity index (χ1) is 8.58. The number of anilines is 1. The molecule has 0 fully saturated rings. The first-order valence-electron chi connectivity index (χ1n) is 6.64. The Morgan fingerprint density at radius 2 is 1.94 bits per heavy atom. The third-order valence-electron chi connectivity index (χ3n) is 3.44. The minimum atomic E-state index is 0.0827. The van der Waals surface area contributed by atoms with Gasteiger partial charge >= 0.3 is 0 Å². The minimum Gasteiger partial charge on any atom is -0.330 e. The topological polar surface area (TPSA) is 55.1 Å². The molecule has 0 aliphatic heterocycles. The smallest absolute Gasteiger partial charge is 0.224 e. The van der Waals surface area contributed by atoms with Crippen molar-refractivity contribution in [3.63, 3.8) is 0 Å². The number of hydrogen-bond donors (Lipinski definition) is 2. The Morgan fingerprint density at radius 3 is 2.44 bits per heavy atom. The molecule has 0 aromatic heterocycles. The molecule has 0 bridgehead atoms. The van der Waals surface area contributed by atoms with Gasteiger partial charge in [0.15, 0.2) is 0 Å². The molecule has 1 unspecified atom stereocenters. The molecule has 1 aromatic rings. The summed E-state index contributed by atoms with van der Waals surface area (Å²) >= 11 is 0. The number of amides is 1. The molecule has 18 heavy (non-hydrogen) atoms. The molecule has 0 saturated carbocycles. The van der Waals surface area contributed by atoms with E-state index in [4.69, 9.17) is 5.73 Å². The largest absolute Gasteiger partial charge is 0.330 e. The van der Waals surface area contributed by atoms with E-state index in [0.717, 1.165) is 29.7 Å². The second kappa shape index (κ2) is 7.17. The molecule has 0 heterocycles. The van der Waals surface area contributed by atoms with E-state index in [9.17, 15) is 4.79 Å². The van der Waals surface area contributed by atoms with Gasteiger partial charge in [-0.2, -0.15) is 0 Å². The Labute approximate surface area is 110 Å². The number of benzene rings is 1. The van der Waals surface area contributed by atoms with Crippen LogP contribution in [0.2, 0.25) is 0 Å². The van der Waals surface area contributed by atoms with Gasteiger partial charge in [0.25, 0.3) is 0 Å². The summed E-state index contributed by atoms with van der Waals surface area (Å²) in [5.74, 6) is 0.535. The summed E-state index contributed by atoms with van der Waals surface area (Å²) in [5, 5.41) is 3.00. The summed E-state index contributed by atoms with van der Waals surface area (Å²) in [6.07, 6.45) is 2.44. The maximum atomic E-state index is 11.9. The molecule has 3 heteroatoms. The lowest BCUT2D eigenvalue weighted by molar-refractivity contribution is -0.116. The van der Waals surface area contributed by atoms with Gasteiger partial charge in [-0.25, -0.2) is 0 Å². The highest BCUT2D eigenvalue weighted by atomic mass is 16.1. The Bertz CT molecular complexity index is 377. The van der Waals surface area contributed by atoms with E-state index in [0.29, 0.717) is 18.9 Å². The zero-order valence-corrected chi connectivity index (χ0v) is 11.6. The highest BCUT2D eigenvalue weighted by molar-refractivity contribution is 5.92. The van der Waals surface area contributed by atoms with Gasteiger partial charge in [-0.05, 0) is 43.9 Å². The van der Waals surface area contributed by atoms with Crippen molar-refractivity contribution in [1.82, 2.24) is 0 Å². The molecule has 0 radical (unpaired) electrons. The molecule has 3 N–H and O–H groups in total. The van der Waals surface area contributed by atoms with Crippen molar-refractivity contribution in [3.8, 4) is 0 Å². The average molecular weight is 248 g/mol. The number of para-hydroxylation sites is 1. The molecule has 1 atom stereocenters. The summed E-state index contributed by atoms with van der Waals surface area (Å²) in [5.41, 5.74) is 8.80. The molecular weight excluding hydrogens is 224 g/mol. The number of hydrogen-bond acceptors (Lipinski definition) is 2. The van der Waals surface area contributed by atoms with Gasteiger partial charge in [-0.15, -0.1) is 0 Å². The number of carbonyl (C=O) groups is 1. The van der Waals surface area contributed by atoms with Crippen molar-refractivity contribution < 1.29 is 4.79 Å². The van der Waals surface area contributed by atoms with Crippen LogP contribution in [0.4, 0.5) is 5.69 Å². The van der Waals surface area contributed by atoms with Gasteiger partial charge in [0.05, 0.1) is 0 Å². The highest BCUT2D eigenvalue weighted by Gasteiger charge is 2.10. The zero-order chi connectivity index (χ0) is 13.5. The van der Waals surface area contributed by atoms with E-state index in [2.05, 4.69) is 12.2 Å². The van der Waals surface area contributed by atoms with Gasteiger partial charge in [0.1, 0.15) is 0 Å². The minimum absolute atomic E-state index is 0.0827. The van der Waals surface area contributed by atoms with E-state index < -0.39 is 0 Å². The van der Waals surface area contributed by atoms with Crippen LogP contribution < -0.4 is 11.1 Å². The van der Waals surface area contributed by atoms with E-state index in [1.165, 1.54) is 0 Å². The molecule has 1 amide bonds. The Hall–Kier alpha value is -1.35. The fourth-order valence-corrected chi connectivity index (χ4v) is 2.04. The van der Waals surface area contributed by atoms with Gasteiger partial charge in [-0.3, -0.25) is 4.79 Å². The highest BCUT2D eigenvalue weighted by Crippen LogP contribution is 2.20. The first kappa shape index (κ1) is 14.7. The van der Waals surface area contributed by atoms with Crippen molar-refractivity contribution in [1.29, 1.82) is 0 Å². The predicted molar refractivity (Wildman–Crippen MR) is 76.6 cm³/mol. The predicted octanol–water partition coefficient (Wildman–Crippen LogP) is 3.01. The third kappa shape index (κ3) is 4.15. The van der Waals surface area contributed by atoms with Crippen LogP contribution in [-0.4, -0.2) is 12.5 Å².